The number of ether oxygens (including phenoxy) is 1. The molecule has 0 spiro atoms. The molecule has 3 aromatic rings. The normalized spacial score (nSPS) is 13.2. The number of nitrogens with one attached hydrogen (secondary N) is 2. The van der Waals surface area contributed by atoms with E-state index >= 15 is 0 Å². The molecule has 1 aliphatic rings. The van der Waals surface area contributed by atoms with E-state index in [4.69, 9.17) is 4.74 Å². The smallest absolute Gasteiger partial charge is 0.248 e. The van der Waals surface area contributed by atoms with Gasteiger partial charge in [-0.1, -0.05) is 36.9 Å². The first-order valence-electron chi connectivity index (χ1n) is 10.9. The summed E-state index contributed by atoms with van der Waals surface area (Å²) in [7, 11) is -2.46. The van der Waals surface area contributed by atoms with Crippen LogP contribution in [0.25, 0.3) is 0 Å². The molecule has 35 heavy (non-hydrogen) atoms. The SMILES string of the molecule is C=CC(=O)Nc1cc2c(s1)CN(S(=O)(=O)c1ccc(NC(=O)CCc3ccccc3)cc1OC)C2. The van der Waals surface area contributed by atoms with Crippen LogP contribution in [0.4, 0.5) is 10.7 Å². The van der Waals surface area contributed by atoms with Gasteiger partial charge in [-0.2, -0.15) is 4.31 Å². The van der Waals surface area contributed by atoms with Gasteiger partial charge in [0.15, 0.2) is 0 Å². The Hall–Kier alpha value is -3.47. The molecule has 2 amide bonds. The monoisotopic (exact) mass is 511 g/mol. The van der Waals surface area contributed by atoms with Crippen molar-refractivity contribution in [3.05, 3.63) is 83.3 Å². The van der Waals surface area contributed by atoms with E-state index in [1.165, 1.54) is 41.0 Å². The minimum Gasteiger partial charge on any atom is -0.495 e. The Balaban J connectivity index is 1.44. The van der Waals surface area contributed by atoms with Crippen LogP contribution in [-0.2, 0) is 39.1 Å². The molecule has 2 N–H and O–H groups in total. The Morgan fingerprint density at radius 1 is 1.11 bits per heavy atom. The van der Waals surface area contributed by atoms with Gasteiger partial charge < -0.3 is 15.4 Å². The van der Waals surface area contributed by atoms with Crippen molar-refractivity contribution < 1.29 is 22.7 Å². The van der Waals surface area contributed by atoms with Crippen LogP contribution in [0.3, 0.4) is 0 Å². The van der Waals surface area contributed by atoms with Crippen LogP contribution in [0.15, 0.2) is 72.1 Å². The number of methoxy groups -OCH3 is 1. The molecule has 0 fully saturated rings. The third-order valence-corrected chi connectivity index (χ3v) is 8.45. The fraction of sp³-hybridized carbons (Fsp3) is 0.200. The van der Waals surface area contributed by atoms with E-state index in [9.17, 15) is 18.0 Å². The first kappa shape index (κ1) is 24.6. The molecule has 0 bridgehead atoms. The maximum Gasteiger partial charge on any atom is 0.248 e. The molecule has 0 saturated carbocycles. The van der Waals surface area contributed by atoms with Crippen LogP contribution in [0.5, 0.6) is 5.75 Å². The van der Waals surface area contributed by atoms with Crippen molar-refractivity contribution in [3.63, 3.8) is 0 Å². The third-order valence-electron chi connectivity index (χ3n) is 5.54. The van der Waals surface area contributed by atoms with Crippen LogP contribution in [-0.4, -0.2) is 31.6 Å². The van der Waals surface area contributed by atoms with Gasteiger partial charge in [0.05, 0.1) is 12.1 Å². The van der Waals surface area contributed by atoms with Crippen LogP contribution >= 0.6 is 11.3 Å². The molecule has 0 unspecified atom stereocenters. The van der Waals surface area contributed by atoms with Gasteiger partial charge in [0.2, 0.25) is 21.8 Å². The minimum atomic E-state index is -3.85. The lowest BCUT2D eigenvalue weighted by Gasteiger charge is -2.18. The number of thiophene rings is 1. The number of sulfonamides is 1. The Bertz CT molecular complexity index is 1340. The summed E-state index contributed by atoms with van der Waals surface area (Å²) in [6.45, 7) is 3.82. The maximum absolute atomic E-state index is 13.4. The van der Waals surface area contributed by atoms with Gasteiger partial charge in [0.25, 0.3) is 0 Å². The fourth-order valence-corrected chi connectivity index (χ4v) is 6.47. The predicted octanol–water partition coefficient (Wildman–Crippen LogP) is 4.16. The number of carbonyl (C=O) groups is 2. The summed E-state index contributed by atoms with van der Waals surface area (Å²) in [5, 5.41) is 6.16. The Morgan fingerprint density at radius 2 is 1.89 bits per heavy atom. The highest BCUT2D eigenvalue weighted by atomic mass is 32.2. The summed E-state index contributed by atoms with van der Waals surface area (Å²) in [6.07, 6.45) is 2.09. The quantitative estimate of drug-likeness (QED) is 0.420. The van der Waals surface area contributed by atoms with Gasteiger partial charge in [-0.3, -0.25) is 9.59 Å². The van der Waals surface area contributed by atoms with Crippen LogP contribution in [0, 0.1) is 0 Å². The van der Waals surface area contributed by atoms with E-state index in [0.29, 0.717) is 23.5 Å². The van der Waals surface area contributed by atoms with Crippen molar-refractivity contribution in [2.24, 2.45) is 0 Å². The molecule has 4 rings (SSSR count). The highest BCUT2D eigenvalue weighted by molar-refractivity contribution is 7.89. The number of fused-ring (bicyclic) bond motifs is 1. The van der Waals surface area contributed by atoms with Crippen molar-refractivity contribution in [1.29, 1.82) is 0 Å². The first-order valence-corrected chi connectivity index (χ1v) is 13.1. The topological polar surface area (TPSA) is 105 Å². The highest BCUT2D eigenvalue weighted by Gasteiger charge is 2.34. The molecule has 0 saturated heterocycles. The van der Waals surface area contributed by atoms with Gasteiger partial charge in [0.1, 0.15) is 10.6 Å². The number of rotatable bonds is 9. The number of nitrogens with zero attached hydrogens (tertiary/aromatic N) is 1. The third kappa shape index (κ3) is 5.61. The number of anilines is 2. The Morgan fingerprint density at radius 3 is 2.57 bits per heavy atom. The maximum atomic E-state index is 13.4. The summed E-state index contributed by atoms with van der Waals surface area (Å²) in [5.41, 5.74) is 2.37. The van der Waals surface area contributed by atoms with Gasteiger partial charge in [-0.15, -0.1) is 11.3 Å². The van der Waals surface area contributed by atoms with Crippen molar-refractivity contribution in [1.82, 2.24) is 4.31 Å². The summed E-state index contributed by atoms with van der Waals surface area (Å²) in [5.74, 6) is -0.332. The van der Waals surface area contributed by atoms with Gasteiger partial charge in [-0.05, 0) is 41.8 Å². The summed E-state index contributed by atoms with van der Waals surface area (Å²) >= 11 is 1.34. The molecule has 8 nitrogen and oxygen atoms in total. The lowest BCUT2D eigenvalue weighted by atomic mass is 10.1. The molecule has 2 aromatic carbocycles. The molecular weight excluding hydrogens is 486 g/mol. The summed E-state index contributed by atoms with van der Waals surface area (Å²) in [4.78, 5) is 24.8. The largest absolute Gasteiger partial charge is 0.495 e. The van der Waals surface area contributed by atoms with E-state index in [2.05, 4.69) is 17.2 Å². The number of amides is 2. The summed E-state index contributed by atoms with van der Waals surface area (Å²) in [6, 6.07) is 16.0. The molecule has 2 heterocycles. The molecule has 10 heteroatoms. The minimum absolute atomic E-state index is 0.0256. The molecule has 1 aliphatic heterocycles. The van der Waals surface area contributed by atoms with Gasteiger partial charge in [0, 0.05) is 36.1 Å². The second-order valence-corrected chi connectivity index (χ2v) is 11.0. The summed E-state index contributed by atoms with van der Waals surface area (Å²) < 4.78 is 33.5. The van der Waals surface area contributed by atoms with Crippen molar-refractivity contribution in [3.8, 4) is 5.75 Å². The number of hydrogen-bond acceptors (Lipinski definition) is 6. The van der Waals surface area contributed by atoms with Crippen molar-refractivity contribution in [2.75, 3.05) is 17.7 Å². The first-order chi connectivity index (χ1) is 16.8. The molecule has 0 atom stereocenters. The van der Waals surface area contributed by atoms with Crippen molar-refractivity contribution in [2.45, 2.75) is 30.8 Å². The molecule has 0 radical (unpaired) electrons. The highest BCUT2D eigenvalue weighted by Crippen LogP contribution is 2.39. The van der Waals surface area contributed by atoms with E-state index in [1.807, 2.05) is 30.3 Å². The number of benzene rings is 2. The van der Waals surface area contributed by atoms with Crippen LogP contribution in [0.1, 0.15) is 22.4 Å². The fourth-order valence-electron chi connectivity index (χ4n) is 3.77. The average molecular weight is 512 g/mol. The van der Waals surface area contributed by atoms with Crippen LogP contribution in [0.2, 0.25) is 0 Å². The zero-order valence-electron chi connectivity index (χ0n) is 19.1. The zero-order valence-corrected chi connectivity index (χ0v) is 20.7. The Labute approximate surface area is 208 Å². The van der Waals surface area contributed by atoms with E-state index in [-0.39, 0.29) is 35.5 Å². The molecule has 1 aromatic heterocycles. The number of carbonyl (C=O) groups excluding carboxylic acids is 2. The average Bonchev–Trinajstić information content (AvgIpc) is 3.42. The second kappa shape index (κ2) is 10.4. The standard InChI is InChI=1S/C25H25N3O5S2/c1-3-23(29)27-25-13-18-15-28(16-21(18)34-25)35(31,32)22-11-10-19(14-20(22)33-2)26-24(30)12-9-17-7-5-4-6-8-17/h3-8,10-11,13-14H,1,9,12,15-16H2,2H3,(H,26,30)(H,27,29). The second-order valence-electron chi connectivity index (χ2n) is 7.92. The van der Waals surface area contributed by atoms with Gasteiger partial charge >= 0.3 is 0 Å². The van der Waals surface area contributed by atoms with E-state index in [0.717, 1.165) is 16.0 Å². The van der Waals surface area contributed by atoms with Crippen LogP contribution < -0.4 is 15.4 Å². The Kier molecular flexibility index (Phi) is 7.34. The zero-order chi connectivity index (χ0) is 25.0. The van der Waals surface area contributed by atoms with E-state index in [1.54, 1.807) is 12.1 Å². The molecule has 0 aliphatic carbocycles. The molecular formula is C25H25N3O5S2. The van der Waals surface area contributed by atoms with Gasteiger partial charge in [-0.25, -0.2) is 8.42 Å². The van der Waals surface area contributed by atoms with E-state index < -0.39 is 10.0 Å². The lowest BCUT2D eigenvalue weighted by molar-refractivity contribution is -0.116. The number of hydrogen-bond donors (Lipinski definition) is 2. The lowest BCUT2D eigenvalue weighted by Crippen LogP contribution is -2.26. The molecule has 182 valence electrons. The predicted molar refractivity (Wildman–Crippen MR) is 136 cm³/mol. The number of aryl methyl sites for hydroxylation is 1. The van der Waals surface area contributed by atoms with Crippen molar-refractivity contribution >= 4 is 43.9 Å².